The van der Waals surface area contributed by atoms with Crippen LogP contribution in [0.25, 0.3) is 0 Å². The van der Waals surface area contributed by atoms with E-state index in [1.165, 1.54) is 25.3 Å². The highest BCUT2D eigenvalue weighted by Gasteiger charge is 2.33. The fraction of sp³-hybridized carbons (Fsp3) is 0.558. The first kappa shape index (κ1) is 55.6. The summed E-state index contributed by atoms with van der Waals surface area (Å²) < 4.78 is 111. The number of hydrogen-bond donors (Lipinski definition) is 1. The number of amides is 4. The normalized spacial score (nSPS) is 18.5. The lowest BCUT2D eigenvalue weighted by Crippen LogP contribution is -2.47. The molecule has 0 spiro atoms. The average molecular weight is 1020 g/mol. The van der Waals surface area contributed by atoms with Crippen LogP contribution in [0.3, 0.4) is 0 Å². The third-order valence-corrected chi connectivity index (χ3v) is 13.4. The van der Waals surface area contributed by atoms with Gasteiger partial charge in [-0.25, -0.2) is 26.7 Å². The van der Waals surface area contributed by atoms with Gasteiger partial charge in [0, 0.05) is 68.8 Å². The number of hydrogen-bond acceptors (Lipinski definition) is 9. The molecule has 72 heavy (non-hydrogen) atoms. The summed E-state index contributed by atoms with van der Waals surface area (Å²) in [5.41, 5.74) is 5.97. The SMILES string of the molecule is CC(C)(C)OC(=O)N(CC(=O)N1CCCC(c2cccc(C(N)=O)c2)C1)Cc1ccc(F)cc1F.O=C(CN1CCC(OC2CCN(C(=O)CC3CCCCC3)CC2)CC1)Oc1c(F)c(F)c(F)c(F)c1F. The van der Waals surface area contributed by atoms with Crippen molar-refractivity contribution in [3.63, 3.8) is 0 Å². The average Bonchev–Trinajstić information content (AvgIpc) is 3.35. The second-order valence-corrected chi connectivity index (χ2v) is 20.0. The molecule has 4 fully saturated rings. The highest BCUT2D eigenvalue weighted by atomic mass is 19.2. The first-order valence-electron chi connectivity index (χ1n) is 24.6. The van der Waals surface area contributed by atoms with Gasteiger partial charge < -0.3 is 29.7 Å². The Labute approximate surface area is 415 Å². The molecular formula is C52H64F7N5O8. The number of halogens is 7. The molecule has 1 aliphatic carbocycles. The number of carbonyl (C=O) groups excluding carboxylic acids is 5. The van der Waals surface area contributed by atoms with E-state index >= 15 is 0 Å². The van der Waals surface area contributed by atoms with Crippen molar-refractivity contribution in [3.8, 4) is 5.75 Å². The molecule has 2 N–H and O–H groups in total. The third kappa shape index (κ3) is 15.6. The Kier molecular flexibility index (Phi) is 19.5. The van der Waals surface area contributed by atoms with Crippen LogP contribution in [-0.4, -0.2) is 120 Å². The largest absolute Gasteiger partial charge is 0.444 e. The van der Waals surface area contributed by atoms with Gasteiger partial charge in [0.05, 0.1) is 25.3 Å². The topological polar surface area (TPSA) is 152 Å². The summed E-state index contributed by atoms with van der Waals surface area (Å²) in [5, 5.41) is 0. The zero-order valence-electron chi connectivity index (χ0n) is 41.0. The van der Waals surface area contributed by atoms with Gasteiger partial charge >= 0.3 is 12.1 Å². The summed E-state index contributed by atoms with van der Waals surface area (Å²) in [7, 11) is 0. The van der Waals surface area contributed by atoms with Gasteiger partial charge in [-0.3, -0.25) is 29.0 Å². The van der Waals surface area contributed by atoms with Crippen molar-refractivity contribution in [2.75, 3.05) is 52.4 Å². The molecule has 1 saturated carbocycles. The molecule has 3 aromatic rings. The van der Waals surface area contributed by atoms with Crippen LogP contribution < -0.4 is 10.5 Å². The van der Waals surface area contributed by atoms with E-state index in [9.17, 15) is 54.7 Å². The Morgan fingerprint density at radius 3 is 1.93 bits per heavy atom. The van der Waals surface area contributed by atoms with Crippen molar-refractivity contribution in [3.05, 3.63) is 99.9 Å². The maximum absolute atomic E-state index is 14.3. The lowest BCUT2D eigenvalue weighted by molar-refractivity contribution is -0.139. The van der Waals surface area contributed by atoms with Crippen molar-refractivity contribution in [2.45, 2.75) is 128 Å². The number of piperidine rings is 3. The Balaban J connectivity index is 0.000000236. The van der Waals surface area contributed by atoms with Crippen molar-refractivity contribution in [2.24, 2.45) is 11.7 Å². The maximum Gasteiger partial charge on any atom is 0.411 e. The number of benzene rings is 3. The highest BCUT2D eigenvalue weighted by Crippen LogP contribution is 2.32. The van der Waals surface area contributed by atoms with E-state index in [1.807, 2.05) is 11.0 Å². The standard InChI is InChI=1S/C26H33F5N2O4.C26H31F2N3O4/c27-21-22(28)24(30)26(25(31)23(21)29)37-20(35)15-32-10-6-17(7-11-32)36-18-8-12-33(13-9-18)19(34)14-16-4-2-1-3-5-16;1-26(2,3)35-25(34)31(15-20-9-10-21(27)13-22(20)28)16-23(32)30-11-5-8-19(14-30)17-6-4-7-18(12-17)24(29)33/h16-18H,1-15H2;4,6-7,9-10,12-13,19H,5,8,11,14-16H2,1-3H3,(H2,29,33). The quantitative estimate of drug-likeness (QED) is 0.0582. The van der Waals surface area contributed by atoms with Crippen molar-refractivity contribution >= 4 is 29.8 Å². The molecular weight excluding hydrogens is 956 g/mol. The summed E-state index contributed by atoms with van der Waals surface area (Å²) >= 11 is 0. The van der Waals surface area contributed by atoms with Gasteiger partial charge in [0.2, 0.25) is 52.6 Å². The van der Waals surface area contributed by atoms with E-state index in [2.05, 4.69) is 4.74 Å². The molecule has 3 heterocycles. The predicted molar refractivity (Wildman–Crippen MR) is 250 cm³/mol. The van der Waals surface area contributed by atoms with Crippen LogP contribution in [0.1, 0.15) is 125 Å². The molecule has 0 bridgehead atoms. The van der Waals surface area contributed by atoms with Crippen molar-refractivity contribution in [1.29, 1.82) is 0 Å². The van der Waals surface area contributed by atoms with E-state index in [0.717, 1.165) is 61.1 Å². The van der Waals surface area contributed by atoms with Crippen LogP contribution in [0.4, 0.5) is 35.5 Å². The van der Waals surface area contributed by atoms with Gasteiger partial charge in [0.1, 0.15) is 23.8 Å². The molecule has 0 radical (unpaired) electrons. The lowest BCUT2D eigenvalue weighted by atomic mass is 9.86. The minimum Gasteiger partial charge on any atom is -0.444 e. The van der Waals surface area contributed by atoms with Crippen LogP contribution in [0.15, 0.2) is 42.5 Å². The van der Waals surface area contributed by atoms with E-state index in [4.69, 9.17) is 15.2 Å². The number of likely N-dealkylation sites (tertiary alicyclic amines) is 3. The number of ether oxygens (including phenoxy) is 3. The second kappa shape index (κ2) is 25.3. The zero-order valence-corrected chi connectivity index (χ0v) is 41.0. The monoisotopic (exact) mass is 1020 g/mol. The first-order valence-corrected chi connectivity index (χ1v) is 24.6. The minimum atomic E-state index is -2.31. The number of nitrogens with two attached hydrogens (primary N) is 1. The maximum atomic E-state index is 14.3. The molecule has 4 aliphatic rings. The fourth-order valence-corrected chi connectivity index (χ4v) is 9.54. The molecule has 1 atom stereocenters. The molecule has 3 saturated heterocycles. The summed E-state index contributed by atoms with van der Waals surface area (Å²) in [6.07, 6.45) is 10.3. The Morgan fingerprint density at radius 2 is 1.32 bits per heavy atom. The minimum absolute atomic E-state index is 0.0107. The van der Waals surface area contributed by atoms with Gasteiger partial charge in [-0.15, -0.1) is 0 Å². The van der Waals surface area contributed by atoms with Gasteiger partial charge in [-0.2, -0.15) is 8.78 Å². The smallest absolute Gasteiger partial charge is 0.411 e. The van der Waals surface area contributed by atoms with Gasteiger partial charge in [0.25, 0.3) is 0 Å². The molecule has 13 nitrogen and oxygen atoms in total. The van der Waals surface area contributed by atoms with Crippen LogP contribution in [-0.2, 0) is 30.4 Å². The van der Waals surface area contributed by atoms with Crippen LogP contribution in [0.5, 0.6) is 5.75 Å². The molecule has 394 valence electrons. The molecule has 4 amide bonds. The summed E-state index contributed by atoms with van der Waals surface area (Å²) in [5.74, 6) is -15.3. The third-order valence-electron chi connectivity index (χ3n) is 13.4. The summed E-state index contributed by atoms with van der Waals surface area (Å²) in [4.78, 5) is 68.7. The lowest BCUT2D eigenvalue weighted by Gasteiger charge is -2.37. The Bertz CT molecular complexity index is 2370. The fourth-order valence-electron chi connectivity index (χ4n) is 9.54. The van der Waals surface area contributed by atoms with E-state index < -0.39 is 70.0 Å². The van der Waals surface area contributed by atoms with E-state index in [-0.39, 0.29) is 55.1 Å². The summed E-state index contributed by atoms with van der Waals surface area (Å²) in [6, 6.07) is 10.1. The van der Waals surface area contributed by atoms with Crippen molar-refractivity contribution in [1.82, 2.24) is 19.6 Å². The van der Waals surface area contributed by atoms with Crippen LogP contribution in [0, 0.1) is 46.6 Å². The number of carbonyl (C=O) groups is 5. The van der Waals surface area contributed by atoms with Gasteiger partial charge in [0.15, 0.2) is 0 Å². The number of primary amides is 1. The predicted octanol–water partition coefficient (Wildman–Crippen LogP) is 8.94. The van der Waals surface area contributed by atoms with Crippen LogP contribution >= 0.6 is 0 Å². The van der Waals surface area contributed by atoms with Crippen molar-refractivity contribution < 1.29 is 68.9 Å². The summed E-state index contributed by atoms with van der Waals surface area (Å²) in [6.45, 7) is 7.38. The van der Waals surface area contributed by atoms with E-state index in [0.29, 0.717) is 70.0 Å². The Morgan fingerprint density at radius 1 is 0.694 bits per heavy atom. The van der Waals surface area contributed by atoms with E-state index in [1.54, 1.807) is 48.8 Å². The number of rotatable bonds is 13. The molecule has 7 rings (SSSR count). The molecule has 3 aromatic carbocycles. The highest BCUT2D eigenvalue weighted by molar-refractivity contribution is 5.93. The molecule has 1 unspecified atom stereocenters. The number of nitrogens with zero attached hydrogens (tertiary/aromatic N) is 4. The number of esters is 1. The molecule has 3 aliphatic heterocycles. The second-order valence-electron chi connectivity index (χ2n) is 20.0. The van der Waals surface area contributed by atoms with Gasteiger partial charge in [-0.05, 0) is 102 Å². The Hall–Kier alpha value is -5.76. The first-order chi connectivity index (χ1) is 34.1. The van der Waals surface area contributed by atoms with Crippen LogP contribution in [0.2, 0.25) is 0 Å². The molecule has 0 aromatic heterocycles. The zero-order chi connectivity index (χ0) is 52.3. The molecule has 20 heteroatoms. The van der Waals surface area contributed by atoms with Gasteiger partial charge in [-0.1, -0.05) is 37.5 Å².